The van der Waals surface area contributed by atoms with Crippen LogP contribution >= 0.6 is 0 Å². The molecule has 1 aromatic rings. The Balaban J connectivity index is 1.79. The van der Waals surface area contributed by atoms with E-state index in [0.29, 0.717) is 0 Å². The van der Waals surface area contributed by atoms with E-state index in [2.05, 4.69) is 52.0 Å². The molecule has 2 fully saturated rings. The number of benzene rings is 1. The van der Waals surface area contributed by atoms with Crippen LogP contribution in [-0.2, 0) is 15.7 Å². The molecule has 1 saturated heterocycles. The predicted molar refractivity (Wildman–Crippen MR) is 78.6 cm³/mol. The Hall–Kier alpha value is -0.795. The molecule has 3 rings (SSSR count). The molecule has 0 N–H and O–H groups in total. The summed E-state index contributed by atoms with van der Waals surface area (Å²) in [5.74, 6) is 0.911. The lowest BCUT2D eigenvalue weighted by atomic mass is 9.78. The van der Waals surface area contributed by atoms with E-state index in [1.54, 1.807) is 0 Å². The summed E-state index contributed by atoms with van der Waals surface area (Å²) in [6, 6.07) is 8.70. The molecule has 1 saturated carbocycles. The van der Waals surface area contributed by atoms with Crippen molar-refractivity contribution in [1.29, 1.82) is 0 Å². The maximum absolute atomic E-state index is 6.10. The second-order valence-electron chi connectivity index (χ2n) is 6.98. The molecular formula is C16H23BO2. The minimum absolute atomic E-state index is 0.232. The van der Waals surface area contributed by atoms with Crippen LogP contribution in [0.15, 0.2) is 24.3 Å². The molecule has 1 heterocycles. The molecule has 102 valence electrons. The highest BCUT2D eigenvalue weighted by molar-refractivity contribution is 6.62. The Labute approximate surface area is 116 Å². The molecule has 1 aliphatic carbocycles. The molecule has 0 bridgehead atoms. The van der Waals surface area contributed by atoms with Crippen molar-refractivity contribution in [2.45, 2.75) is 58.2 Å². The van der Waals surface area contributed by atoms with Crippen LogP contribution in [-0.4, -0.2) is 18.3 Å². The molecule has 0 atom stereocenters. The van der Waals surface area contributed by atoms with Crippen molar-refractivity contribution in [1.82, 2.24) is 0 Å². The van der Waals surface area contributed by atoms with E-state index in [0.717, 1.165) is 11.4 Å². The van der Waals surface area contributed by atoms with Crippen molar-refractivity contribution >= 4 is 12.6 Å². The monoisotopic (exact) mass is 258 g/mol. The third-order valence-corrected chi connectivity index (χ3v) is 4.70. The van der Waals surface area contributed by atoms with Gasteiger partial charge in [0, 0.05) is 0 Å². The second-order valence-corrected chi connectivity index (χ2v) is 6.98. The van der Waals surface area contributed by atoms with Crippen LogP contribution in [0.25, 0.3) is 0 Å². The van der Waals surface area contributed by atoms with E-state index < -0.39 is 0 Å². The molecule has 2 nitrogen and oxygen atoms in total. The van der Waals surface area contributed by atoms with Crippen molar-refractivity contribution in [3.05, 3.63) is 29.8 Å². The molecule has 0 aromatic heterocycles. The fraction of sp³-hybridized carbons (Fsp3) is 0.625. The van der Waals surface area contributed by atoms with E-state index in [9.17, 15) is 0 Å². The van der Waals surface area contributed by atoms with Gasteiger partial charge in [0.15, 0.2) is 0 Å². The number of hydrogen-bond acceptors (Lipinski definition) is 2. The third-order valence-electron chi connectivity index (χ3n) is 4.70. The Bertz CT molecular complexity index is 461. The van der Waals surface area contributed by atoms with Crippen molar-refractivity contribution in [3.63, 3.8) is 0 Å². The number of hydrogen-bond donors (Lipinski definition) is 0. The summed E-state index contributed by atoms with van der Waals surface area (Å²) >= 11 is 0. The summed E-state index contributed by atoms with van der Waals surface area (Å²) in [6.07, 6.45) is 3.98. The lowest BCUT2D eigenvalue weighted by Crippen LogP contribution is -2.41. The quantitative estimate of drug-likeness (QED) is 0.776. The second kappa shape index (κ2) is 4.36. The smallest absolute Gasteiger partial charge is 0.399 e. The van der Waals surface area contributed by atoms with Gasteiger partial charge in [-0.2, -0.15) is 0 Å². The van der Waals surface area contributed by atoms with Gasteiger partial charge in [-0.15, -0.1) is 0 Å². The van der Waals surface area contributed by atoms with Gasteiger partial charge >= 0.3 is 7.12 Å². The van der Waals surface area contributed by atoms with Crippen molar-refractivity contribution in [2.24, 2.45) is 5.92 Å². The molecule has 0 spiro atoms. The first-order valence-electron chi connectivity index (χ1n) is 7.32. The van der Waals surface area contributed by atoms with Crippen molar-refractivity contribution < 1.29 is 9.31 Å². The highest BCUT2D eigenvalue weighted by atomic mass is 16.7. The van der Waals surface area contributed by atoms with E-state index >= 15 is 0 Å². The lowest BCUT2D eigenvalue weighted by molar-refractivity contribution is 0.00578. The van der Waals surface area contributed by atoms with Gasteiger partial charge in [-0.1, -0.05) is 24.3 Å². The molecule has 19 heavy (non-hydrogen) atoms. The van der Waals surface area contributed by atoms with Crippen LogP contribution in [0, 0.1) is 5.92 Å². The van der Waals surface area contributed by atoms with Gasteiger partial charge in [0.1, 0.15) is 0 Å². The molecular weight excluding hydrogens is 235 g/mol. The summed E-state index contributed by atoms with van der Waals surface area (Å²) in [7, 11) is -0.232. The van der Waals surface area contributed by atoms with Gasteiger partial charge < -0.3 is 9.31 Å². The van der Waals surface area contributed by atoms with Gasteiger partial charge in [0.25, 0.3) is 0 Å². The van der Waals surface area contributed by atoms with Gasteiger partial charge in [-0.3, -0.25) is 0 Å². The van der Waals surface area contributed by atoms with Crippen LogP contribution in [0.1, 0.15) is 46.1 Å². The lowest BCUT2D eigenvalue weighted by Gasteiger charge is -2.32. The molecule has 1 aliphatic heterocycles. The van der Waals surface area contributed by atoms with Crippen LogP contribution in [0.4, 0.5) is 0 Å². The normalized spacial score (nSPS) is 24.7. The fourth-order valence-corrected chi connectivity index (χ4v) is 2.50. The largest absolute Gasteiger partial charge is 0.494 e. The first-order valence-corrected chi connectivity index (χ1v) is 7.32. The minimum Gasteiger partial charge on any atom is -0.399 e. The average Bonchev–Trinajstić information content (AvgIpc) is 3.07. The summed E-state index contributed by atoms with van der Waals surface area (Å²) in [5, 5.41) is 0. The highest BCUT2D eigenvalue weighted by Gasteiger charge is 2.51. The van der Waals surface area contributed by atoms with E-state index in [1.165, 1.54) is 24.8 Å². The van der Waals surface area contributed by atoms with Crippen molar-refractivity contribution in [3.8, 4) is 0 Å². The summed E-state index contributed by atoms with van der Waals surface area (Å²) < 4.78 is 12.2. The summed E-state index contributed by atoms with van der Waals surface area (Å²) in [5.41, 5.74) is 2.04. The Kier molecular flexibility index (Phi) is 3.03. The standard InChI is InChI=1S/C16H23BO2/c1-15(2)16(3,4)19-17(18-15)14-7-5-6-13(11-14)10-12-8-9-12/h5-7,11-12H,8-10H2,1-4H3. The molecule has 0 unspecified atom stereocenters. The van der Waals surface area contributed by atoms with E-state index in [1.807, 2.05) is 0 Å². The average molecular weight is 258 g/mol. The van der Waals surface area contributed by atoms with Gasteiger partial charge in [-0.05, 0) is 63.9 Å². The Morgan fingerprint density at radius 3 is 2.32 bits per heavy atom. The SMILES string of the molecule is CC1(C)OB(c2cccc(CC3CC3)c2)OC1(C)C. The number of rotatable bonds is 3. The fourth-order valence-electron chi connectivity index (χ4n) is 2.50. The van der Waals surface area contributed by atoms with Gasteiger partial charge in [0.2, 0.25) is 0 Å². The molecule has 0 radical (unpaired) electrons. The minimum atomic E-state index is -0.260. The zero-order chi connectivity index (χ0) is 13.7. The molecule has 3 heteroatoms. The molecule has 0 amide bonds. The van der Waals surface area contributed by atoms with Gasteiger partial charge in [0.05, 0.1) is 11.2 Å². The molecule has 2 aliphatic rings. The first kappa shape index (κ1) is 13.2. The Morgan fingerprint density at radius 2 is 1.74 bits per heavy atom. The van der Waals surface area contributed by atoms with Crippen LogP contribution < -0.4 is 5.46 Å². The van der Waals surface area contributed by atoms with E-state index in [-0.39, 0.29) is 18.3 Å². The maximum atomic E-state index is 6.10. The highest BCUT2D eigenvalue weighted by Crippen LogP contribution is 2.36. The topological polar surface area (TPSA) is 18.5 Å². The Morgan fingerprint density at radius 1 is 1.11 bits per heavy atom. The zero-order valence-electron chi connectivity index (χ0n) is 12.4. The van der Waals surface area contributed by atoms with Crippen molar-refractivity contribution in [2.75, 3.05) is 0 Å². The maximum Gasteiger partial charge on any atom is 0.494 e. The van der Waals surface area contributed by atoms with Crippen LogP contribution in [0.2, 0.25) is 0 Å². The summed E-state index contributed by atoms with van der Waals surface area (Å²) in [4.78, 5) is 0. The van der Waals surface area contributed by atoms with Gasteiger partial charge in [-0.25, -0.2) is 0 Å². The molecule has 1 aromatic carbocycles. The zero-order valence-corrected chi connectivity index (χ0v) is 12.4. The predicted octanol–water partition coefficient (Wildman–Crippen LogP) is 2.94. The van der Waals surface area contributed by atoms with E-state index in [4.69, 9.17) is 9.31 Å². The first-order chi connectivity index (χ1) is 8.87. The van der Waals surface area contributed by atoms with Crippen LogP contribution in [0.5, 0.6) is 0 Å². The third kappa shape index (κ3) is 2.59. The van der Waals surface area contributed by atoms with Crippen LogP contribution in [0.3, 0.4) is 0 Å². The summed E-state index contributed by atoms with van der Waals surface area (Å²) in [6.45, 7) is 8.39.